The van der Waals surface area contributed by atoms with E-state index >= 15 is 0 Å². The zero-order chi connectivity index (χ0) is 13.5. The van der Waals surface area contributed by atoms with Crippen LogP contribution in [0.3, 0.4) is 0 Å². The van der Waals surface area contributed by atoms with Gasteiger partial charge in [-0.05, 0) is 39.6 Å². The van der Waals surface area contributed by atoms with Crippen molar-refractivity contribution in [2.45, 2.75) is 26.3 Å². The minimum absolute atomic E-state index is 0.0183. The van der Waals surface area contributed by atoms with Crippen LogP contribution in [0.1, 0.15) is 32.1 Å². The van der Waals surface area contributed by atoms with Crippen LogP contribution in [0.4, 0.5) is 0 Å². The van der Waals surface area contributed by atoms with E-state index in [1.165, 1.54) is 0 Å². The van der Waals surface area contributed by atoms with Gasteiger partial charge in [0.05, 0.1) is 12.3 Å². The Kier molecular flexibility index (Phi) is 5.65. The predicted octanol–water partition coefficient (Wildman–Crippen LogP) is 2.35. The highest BCUT2D eigenvalue weighted by Crippen LogP contribution is 2.17. The van der Waals surface area contributed by atoms with Crippen LogP contribution < -0.4 is 5.32 Å². The molecule has 100 valence electrons. The summed E-state index contributed by atoms with van der Waals surface area (Å²) in [6, 6.07) is 3.83. The lowest BCUT2D eigenvalue weighted by Gasteiger charge is -2.22. The average Bonchev–Trinajstić information content (AvgIpc) is 2.82. The monoisotopic (exact) mass is 250 g/mol. The first-order valence-corrected chi connectivity index (χ1v) is 6.21. The van der Waals surface area contributed by atoms with Crippen molar-refractivity contribution in [1.29, 1.82) is 0 Å². The molecular weight excluding hydrogens is 228 g/mol. The Morgan fingerprint density at radius 1 is 1.56 bits per heavy atom. The maximum Gasteiger partial charge on any atom is 0.246 e. The summed E-state index contributed by atoms with van der Waals surface area (Å²) in [6.07, 6.45) is 4.44. The second-order valence-electron chi connectivity index (χ2n) is 4.50. The van der Waals surface area contributed by atoms with Crippen molar-refractivity contribution in [3.05, 3.63) is 35.8 Å². The van der Waals surface area contributed by atoms with E-state index in [0.29, 0.717) is 6.54 Å². The molecule has 0 aromatic carbocycles. The molecule has 1 heterocycles. The topological polar surface area (TPSA) is 45.5 Å². The van der Waals surface area contributed by atoms with Crippen LogP contribution in [-0.4, -0.2) is 31.4 Å². The molecule has 4 nitrogen and oxygen atoms in total. The molecule has 0 unspecified atom stereocenters. The van der Waals surface area contributed by atoms with Crippen LogP contribution in [0.15, 0.2) is 34.5 Å². The van der Waals surface area contributed by atoms with Crippen molar-refractivity contribution < 1.29 is 9.21 Å². The number of nitrogens with zero attached hydrogens (tertiary/aromatic N) is 1. The summed E-state index contributed by atoms with van der Waals surface area (Å²) in [5.74, 6) is 0.840. The number of furan rings is 1. The van der Waals surface area contributed by atoms with Crippen LogP contribution in [0, 0.1) is 0 Å². The molecule has 0 aliphatic rings. The minimum atomic E-state index is -0.0183. The molecule has 1 rings (SSSR count). The van der Waals surface area contributed by atoms with E-state index in [2.05, 4.69) is 5.32 Å². The van der Waals surface area contributed by atoms with Gasteiger partial charge >= 0.3 is 0 Å². The third-order valence-corrected chi connectivity index (χ3v) is 2.82. The first-order valence-electron chi connectivity index (χ1n) is 6.21. The molecule has 1 N–H and O–H groups in total. The summed E-state index contributed by atoms with van der Waals surface area (Å²) in [4.78, 5) is 13.8. The van der Waals surface area contributed by atoms with Gasteiger partial charge in [0.15, 0.2) is 0 Å². The van der Waals surface area contributed by atoms with Gasteiger partial charge in [-0.25, -0.2) is 0 Å². The predicted molar refractivity (Wildman–Crippen MR) is 72.2 cm³/mol. The molecule has 18 heavy (non-hydrogen) atoms. The number of nitrogens with one attached hydrogen (secondary N) is 1. The third-order valence-electron chi connectivity index (χ3n) is 2.82. The van der Waals surface area contributed by atoms with Crippen LogP contribution in [0.25, 0.3) is 0 Å². The summed E-state index contributed by atoms with van der Waals surface area (Å²) < 4.78 is 5.39. The molecule has 0 spiro atoms. The molecule has 0 aliphatic carbocycles. The molecule has 1 atom stereocenters. The second-order valence-corrected chi connectivity index (χ2v) is 4.50. The maximum absolute atomic E-state index is 11.8. The zero-order valence-corrected chi connectivity index (χ0v) is 11.6. The summed E-state index contributed by atoms with van der Waals surface area (Å²) in [7, 11) is 3.93. The molecule has 0 saturated heterocycles. The number of hydrogen-bond acceptors (Lipinski definition) is 3. The van der Waals surface area contributed by atoms with Crippen molar-refractivity contribution >= 4 is 5.91 Å². The Hall–Kier alpha value is -1.55. The van der Waals surface area contributed by atoms with Crippen molar-refractivity contribution in [3.8, 4) is 0 Å². The lowest BCUT2D eigenvalue weighted by atomic mass is 10.2. The molecule has 1 aromatic rings. The minimum Gasteiger partial charge on any atom is -0.468 e. The quantitative estimate of drug-likeness (QED) is 0.788. The number of allylic oxidation sites excluding steroid dienone is 1. The van der Waals surface area contributed by atoms with Gasteiger partial charge in [0.1, 0.15) is 5.76 Å². The van der Waals surface area contributed by atoms with E-state index < -0.39 is 0 Å². The highest BCUT2D eigenvalue weighted by molar-refractivity contribution is 5.92. The SMILES string of the molecule is CC/C=C(\C)C(=O)NC[C@H](c1ccco1)N(C)C. The number of likely N-dealkylation sites (N-methyl/N-ethyl adjacent to an activating group) is 1. The highest BCUT2D eigenvalue weighted by atomic mass is 16.3. The molecule has 1 amide bonds. The van der Waals surface area contributed by atoms with Gasteiger partial charge in [-0.2, -0.15) is 0 Å². The molecule has 1 aromatic heterocycles. The van der Waals surface area contributed by atoms with E-state index in [1.807, 2.05) is 51.1 Å². The number of hydrogen-bond donors (Lipinski definition) is 1. The van der Waals surface area contributed by atoms with E-state index in [0.717, 1.165) is 17.8 Å². The van der Waals surface area contributed by atoms with Crippen LogP contribution in [-0.2, 0) is 4.79 Å². The van der Waals surface area contributed by atoms with Crippen LogP contribution in [0.5, 0.6) is 0 Å². The van der Waals surface area contributed by atoms with Crippen molar-refractivity contribution in [3.63, 3.8) is 0 Å². The van der Waals surface area contributed by atoms with E-state index in [9.17, 15) is 4.79 Å². The largest absolute Gasteiger partial charge is 0.468 e. The van der Waals surface area contributed by atoms with Gasteiger partial charge in [-0.1, -0.05) is 13.0 Å². The number of amides is 1. The van der Waals surface area contributed by atoms with Crippen molar-refractivity contribution in [2.75, 3.05) is 20.6 Å². The van der Waals surface area contributed by atoms with E-state index in [4.69, 9.17) is 4.42 Å². The molecule has 4 heteroatoms. The molecule has 0 saturated carbocycles. The zero-order valence-electron chi connectivity index (χ0n) is 11.6. The third kappa shape index (κ3) is 4.04. The Morgan fingerprint density at radius 3 is 2.78 bits per heavy atom. The lowest BCUT2D eigenvalue weighted by Crippen LogP contribution is -2.34. The number of rotatable bonds is 6. The van der Waals surface area contributed by atoms with Crippen LogP contribution in [0.2, 0.25) is 0 Å². The summed E-state index contributed by atoms with van der Waals surface area (Å²) in [6.45, 7) is 4.38. The lowest BCUT2D eigenvalue weighted by molar-refractivity contribution is -0.117. The Morgan fingerprint density at radius 2 is 2.28 bits per heavy atom. The Balaban J connectivity index is 2.59. The second kappa shape index (κ2) is 7.01. The first kappa shape index (κ1) is 14.5. The van der Waals surface area contributed by atoms with Gasteiger partial charge in [-0.15, -0.1) is 0 Å². The fourth-order valence-electron chi connectivity index (χ4n) is 1.75. The number of carbonyl (C=O) groups excluding carboxylic acids is 1. The smallest absolute Gasteiger partial charge is 0.246 e. The average molecular weight is 250 g/mol. The fourth-order valence-corrected chi connectivity index (χ4v) is 1.75. The van der Waals surface area contributed by atoms with Gasteiger partial charge in [0.25, 0.3) is 0 Å². The molecular formula is C14H22N2O2. The van der Waals surface area contributed by atoms with Gasteiger partial charge in [0.2, 0.25) is 5.91 Å². The van der Waals surface area contributed by atoms with E-state index in [-0.39, 0.29) is 11.9 Å². The van der Waals surface area contributed by atoms with Crippen molar-refractivity contribution in [2.24, 2.45) is 0 Å². The standard InChI is InChI=1S/C14H22N2O2/c1-5-7-11(2)14(17)15-10-12(16(3)4)13-8-6-9-18-13/h6-9,12H,5,10H2,1-4H3,(H,15,17)/b11-7+/t12-/m1/s1. The molecule has 0 fully saturated rings. The first-order chi connectivity index (χ1) is 8.56. The summed E-state index contributed by atoms with van der Waals surface area (Å²) in [5.41, 5.74) is 0.759. The van der Waals surface area contributed by atoms with Gasteiger partial charge < -0.3 is 9.73 Å². The van der Waals surface area contributed by atoms with Gasteiger partial charge in [-0.3, -0.25) is 9.69 Å². The molecule has 0 radical (unpaired) electrons. The maximum atomic E-state index is 11.8. The highest BCUT2D eigenvalue weighted by Gasteiger charge is 2.17. The van der Waals surface area contributed by atoms with Crippen molar-refractivity contribution in [1.82, 2.24) is 10.2 Å². The van der Waals surface area contributed by atoms with Gasteiger partial charge in [0, 0.05) is 12.1 Å². The summed E-state index contributed by atoms with van der Waals surface area (Å²) in [5, 5.41) is 2.93. The van der Waals surface area contributed by atoms with E-state index in [1.54, 1.807) is 6.26 Å². The molecule has 0 aliphatic heterocycles. The fraction of sp³-hybridized carbons (Fsp3) is 0.500. The summed E-state index contributed by atoms with van der Waals surface area (Å²) >= 11 is 0. The molecule has 0 bridgehead atoms. The van der Waals surface area contributed by atoms with Crippen LogP contribution >= 0.6 is 0 Å². The Labute approximate surface area is 109 Å². The number of carbonyl (C=O) groups is 1. The normalized spacial score (nSPS) is 13.7. The Bertz CT molecular complexity index is 394.